The lowest BCUT2D eigenvalue weighted by atomic mass is 9.85. The molecule has 38 heavy (non-hydrogen) atoms. The van der Waals surface area contributed by atoms with E-state index in [0.717, 1.165) is 4.90 Å². The smallest absolute Gasteiger partial charge is 0.240 e. The molecule has 6 rings (SSSR count). The van der Waals surface area contributed by atoms with E-state index in [1.54, 1.807) is 96.0 Å². The maximum atomic E-state index is 13.8. The molecule has 0 aliphatic carbocycles. The van der Waals surface area contributed by atoms with Crippen molar-refractivity contribution in [2.24, 2.45) is 11.8 Å². The second-order valence-electron chi connectivity index (χ2n) is 9.43. The first-order valence-corrected chi connectivity index (χ1v) is 12.8. The second-order valence-corrected chi connectivity index (χ2v) is 10.3. The third-order valence-electron chi connectivity index (χ3n) is 7.33. The Hall–Kier alpha value is -4.00. The van der Waals surface area contributed by atoms with Gasteiger partial charge in [-0.15, -0.1) is 0 Å². The van der Waals surface area contributed by atoms with Gasteiger partial charge in [0.15, 0.2) is 11.6 Å². The van der Waals surface area contributed by atoms with E-state index in [0.29, 0.717) is 32.4 Å². The van der Waals surface area contributed by atoms with Gasteiger partial charge in [-0.3, -0.25) is 19.2 Å². The summed E-state index contributed by atoms with van der Waals surface area (Å²) in [6.07, 6.45) is 5.00. The first-order valence-electron chi connectivity index (χ1n) is 12.1. The monoisotopic (exact) mass is 542 g/mol. The Balaban J connectivity index is 1.43. The molecule has 6 nitrogen and oxygen atoms in total. The quantitative estimate of drug-likeness (QED) is 0.320. The van der Waals surface area contributed by atoms with Crippen LogP contribution < -0.4 is 4.90 Å². The molecule has 3 aromatic rings. The molecule has 0 saturated carbocycles. The molecule has 0 radical (unpaired) electrons. The van der Waals surface area contributed by atoms with Gasteiger partial charge in [-0.25, -0.2) is 4.90 Å². The van der Waals surface area contributed by atoms with Crippen LogP contribution >= 0.6 is 23.2 Å². The third kappa shape index (κ3) is 3.88. The van der Waals surface area contributed by atoms with Gasteiger partial charge in [-0.1, -0.05) is 59.6 Å². The number of hydrogen-bond acceptors (Lipinski definition) is 5. The fourth-order valence-corrected chi connectivity index (χ4v) is 5.84. The van der Waals surface area contributed by atoms with Crippen molar-refractivity contribution in [3.63, 3.8) is 0 Å². The zero-order valence-electron chi connectivity index (χ0n) is 19.8. The predicted molar refractivity (Wildman–Crippen MR) is 144 cm³/mol. The van der Waals surface area contributed by atoms with Gasteiger partial charge in [0.25, 0.3) is 0 Å². The van der Waals surface area contributed by atoms with E-state index >= 15 is 0 Å². The molecule has 4 atom stereocenters. The predicted octanol–water partition coefficient (Wildman–Crippen LogP) is 5.37. The fraction of sp³-hybridized carbons (Fsp3) is 0.133. The molecule has 2 saturated heterocycles. The summed E-state index contributed by atoms with van der Waals surface area (Å²) in [5, 5.41) is 0.953. The molecule has 0 bridgehead atoms. The lowest BCUT2D eigenvalue weighted by Crippen LogP contribution is -2.46. The van der Waals surface area contributed by atoms with Gasteiger partial charge in [-0.2, -0.15) is 0 Å². The zero-order chi connectivity index (χ0) is 26.6. The molecule has 0 spiro atoms. The first kappa shape index (κ1) is 24.3. The Bertz CT molecular complexity index is 1530. The van der Waals surface area contributed by atoms with E-state index in [-0.39, 0.29) is 11.6 Å². The zero-order valence-corrected chi connectivity index (χ0v) is 21.3. The van der Waals surface area contributed by atoms with Gasteiger partial charge in [0.2, 0.25) is 11.8 Å². The Labute approximate surface area is 228 Å². The van der Waals surface area contributed by atoms with Crippen LogP contribution in [0.4, 0.5) is 5.69 Å². The first-order chi connectivity index (χ1) is 18.3. The maximum Gasteiger partial charge on any atom is 0.240 e. The number of fused-ring (bicyclic) bond motifs is 3. The molecule has 3 heterocycles. The fourth-order valence-electron chi connectivity index (χ4n) is 5.58. The van der Waals surface area contributed by atoms with Crippen molar-refractivity contribution in [2.75, 3.05) is 4.90 Å². The van der Waals surface area contributed by atoms with Crippen molar-refractivity contribution in [3.05, 3.63) is 124 Å². The topological polar surface area (TPSA) is 74.8 Å². The second kappa shape index (κ2) is 9.39. The van der Waals surface area contributed by atoms with Crippen molar-refractivity contribution < 1.29 is 19.2 Å². The molecule has 0 N–H and O–H groups in total. The molecule has 188 valence electrons. The van der Waals surface area contributed by atoms with Crippen LogP contribution in [0.3, 0.4) is 0 Å². The van der Waals surface area contributed by atoms with E-state index in [1.807, 2.05) is 6.07 Å². The normalized spacial score (nSPS) is 23.8. The maximum absolute atomic E-state index is 13.8. The van der Waals surface area contributed by atoms with Gasteiger partial charge in [0.1, 0.15) is 6.04 Å². The molecular formula is C30H20Cl2N2O4. The van der Waals surface area contributed by atoms with E-state index < -0.39 is 35.7 Å². The van der Waals surface area contributed by atoms with Gasteiger partial charge in [-0.05, 0) is 54.6 Å². The molecule has 8 heteroatoms. The third-order valence-corrected chi connectivity index (χ3v) is 7.83. The highest BCUT2D eigenvalue weighted by molar-refractivity contribution is 6.31. The van der Waals surface area contributed by atoms with Crippen LogP contribution in [-0.4, -0.2) is 40.4 Å². The molecule has 3 aliphatic heterocycles. The number of nitrogens with zero attached hydrogens (tertiary/aromatic N) is 2. The van der Waals surface area contributed by atoms with E-state index in [9.17, 15) is 19.2 Å². The number of carbonyl (C=O) groups is 4. The van der Waals surface area contributed by atoms with Crippen molar-refractivity contribution in [2.45, 2.75) is 12.1 Å². The molecule has 2 fully saturated rings. The van der Waals surface area contributed by atoms with E-state index in [4.69, 9.17) is 23.2 Å². The minimum Gasteiger partial charge on any atom is -0.359 e. The highest BCUT2D eigenvalue weighted by Gasteiger charge is 2.63. The van der Waals surface area contributed by atoms with Crippen LogP contribution in [0, 0.1) is 11.8 Å². The van der Waals surface area contributed by atoms with Crippen LogP contribution in [0.5, 0.6) is 0 Å². The number of benzene rings is 3. The Morgan fingerprint density at radius 1 is 0.711 bits per heavy atom. The van der Waals surface area contributed by atoms with Crippen molar-refractivity contribution >= 4 is 52.3 Å². The summed E-state index contributed by atoms with van der Waals surface area (Å²) in [6.45, 7) is 0. The average Bonchev–Trinajstić information content (AvgIpc) is 3.41. The SMILES string of the molecule is O=C(C1=C[C@@H]2[C@H]3C(=O)N(c4ccc(Cl)cc4)C(=O)[C@@H]3[C@H](C(=O)c3ccc(Cl)cc3)N2C=C1)c1ccccc1. The Morgan fingerprint density at radius 3 is 1.97 bits per heavy atom. The number of Topliss-reactive ketones (excluding diaryl/α,β-unsaturated/α-hetero) is 2. The highest BCUT2D eigenvalue weighted by atomic mass is 35.5. The number of imide groups is 1. The van der Waals surface area contributed by atoms with Crippen molar-refractivity contribution in [1.82, 2.24) is 4.90 Å². The molecule has 0 unspecified atom stereocenters. The van der Waals surface area contributed by atoms with Crippen molar-refractivity contribution in [3.8, 4) is 0 Å². The van der Waals surface area contributed by atoms with Gasteiger partial charge < -0.3 is 4.90 Å². The highest BCUT2D eigenvalue weighted by Crippen LogP contribution is 2.47. The number of hydrogen-bond donors (Lipinski definition) is 0. The largest absolute Gasteiger partial charge is 0.359 e. The summed E-state index contributed by atoms with van der Waals surface area (Å²) in [5.41, 5.74) is 1.68. The van der Waals surface area contributed by atoms with Crippen molar-refractivity contribution in [1.29, 1.82) is 0 Å². The Kier molecular flexibility index (Phi) is 6.01. The van der Waals surface area contributed by atoms with E-state index in [1.165, 1.54) is 0 Å². The number of amides is 2. The number of rotatable bonds is 5. The average molecular weight is 543 g/mol. The number of allylic oxidation sites excluding steroid dienone is 2. The van der Waals surface area contributed by atoms with Crippen LogP contribution in [-0.2, 0) is 9.59 Å². The van der Waals surface area contributed by atoms with Gasteiger partial charge in [0.05, 0.1) is 23.6 Å². The molecular weight excluding hydrogens is 523 g/mol. The molecule has 0 aromatic heterocycles. The molecule has 3 aromatic carbocycles. The summed E-state index contributed by atoms with van der Waals surface area (Å²) >= 11 is 12.0. The minimum atomic E-state index is -0.932. The van der Waals surface area contributed by atoms with Gasteiger partial charge >= 0.3 is 0 Å². The minimum absolute atomic E-state index is 0.197. The lowest BCUT2D eigenvalue weighted by Gasteiger charge is -2.32. The van der Waals surface area contributed by atoms with Crippen LogP contribution in [0.15, 0.2) is 103 Å². The molecule has 3 aliphatic rings. The summed E-state index contributed by atoms with van der Waals surface area (Å²) < 4.78 is 0. The summed E-state index contributed by atoms with van der Waals surface area (Å²) in [7, 11) is 0. The van der Waals surface area contributed by atoms with Crippen LogP contribution in [0.2, 0.25) is 10.0 Å². The number of carbonyl (C=O) groups excluding carboxylic acids is 4. The summed E-state index contributed by atoms with van der Waals surface area (Å²) in [5.74, 6) is -3.14. The number of ketones is 2. The number of halogens is 2. The van der Waals surface area contributed by atoms with Crippen LogP contribution in [0.1, 0.15) is 20.7 Å². The standard InChI is InChI=1S/C30H20Cl2N2O4/c31-20-8-6-18(7-9-20)28(36)26-25-24(29(37)34(30(25)38)22-12-10-21(32)11-13-22)23-16-19(14-15-33(23)26)27(35)17-4-2-1-3-5-17/h1-16,23-26H/t23-,24-,25+,26-/m1/s1. The number of anilines is 1. The van der Waals surface area contributed by atoms with Gasteiger partial charge in [0, 0.05) is 32.9 Å². The van der Waals surface area contributed by atoms with E-state index in [2.05, 4.69) is 0 Å². The molecule has 2 amide bonds. The summed E-state index contributed by atoms with van der Waals surface area (Å²) in [6, 6.07) is 20.1. The summed E-state index contributed by atoms with van der Waals surface area (Å²) in [4.78, 5) is 57.6. The van der Waals surface area contributed by atoms with Crippen LogP contribution in [0.25, 0.3) is 0 Å². The lowest BCUT2D eigenvalue weighted by molar-refractivity contribution is -0.123. The Morgan fingerprint density at radius 2 is 1.32 bits per heavy atom.